The zero-order valence-corrected chi connectivity index (χ0v) is 19.9. The summed E-state index contributed by atoms with van der Waals surface area (Å²) in [5.41, 5.74) is 6.24. The van der Waals surface area contributed by atoms with Gasteiger partial charge in [-0.25, -0.2) is 0 Å². The molecule has 0 unspecified atom stereocenters. The molecule has 0 saturated carbocycles. The van der Waals surface area contributed by atoms with Crippen LogP contribution < -0.4 is 0 Å². The van der Waals surface area contributed by atoms with E-state index in [-0.39, 0.29) is 13.1 Å². The number of halogens is 2. The van der Waals surface area contributed by atoms with Gasteiger partial charge < -0.3 is 4.42 Å². The molecule has 0 amide bonds. The first-order valence-electron chi connectivity index (χ1n) is 9.46. The zero-order chi connectivity index (χ0) is 22.2. The molecule has 0 atom stereocenters. The number of pyridine rings is 1. The summed E-state index contributed by atoms with van der Waals surface area (Å²) >= 11 is 0.194. The molecule has 0 saturated heterocycles. The fourth-order valence-corrected chi connectivity index (χ4v) is 3.34. The van der Waals surface area contributed by atoms with Crippen LogP contribution in [0.25, 0.3) is 10.9 Å². The number of nitrogens with zero attached hydrogens (tertiary/aromatic N) is 3. The van der Waals surface area contributed by atoms with Crippen molar-refractivity contribution in [3.8, 4) is 0 Å². The molecule has 0 radical (unpaired) electrons. The van der Waals surface area contributed by atoms with Crippen LogP contribution >= 0.6 is 20.2 Å². The Morgan fingerprint density at radius 1 is 0.871 bits per heavy atom. The standard InChI is InChI=1S/C24H21N3O.2ClH.Fe/c1-16-12-17(2)23(18(3)13-16)27-15-21-10-9-20(28-21)14-26-22-8-4-6-19-7-5-11-25-24(19)22;;;/h4-15H,1-3H3;2*1H;/q;;;+2/p-2. The SMILES string of the molecule is Cc1cc(C)c(N=Cc2ccc(C=Nc3cccc4cccnc34)o2)c(C)c1.[Cl][Fe][Cl]. The van der Waals surface area contributed by atoms with Crippen LogP contribution in [-0.4, -0.2) is 17.4 Å². The molecular formula is C24H21Cl2FeN3O. The van der Waals surface area contributed by atoms with Crippen molar-refractivity contribution in [3.05, 3.63) is 89.0 Å². The quantitative estimate of drug-likeness (QED) is 0.216. The second-order valence-electron chi connectivity index (χ2n) is 6.91. The number of rotatable bonds is 4. The summed E-state index contributed by atoms with van der Waals surface area (Å²) in [5, 5.41) is 1.06. The summed E-state index contributed by atoms with van der Waals surface area (Å²) in [7, 11) is 9.53. The molecule has 0 aliphatic rings. The van der Waals surface area contributed by atoms with Crippen molar-refractivity contribution in [2.24, 2.45) is 9.98 Å². The van der Waals surface area contributed by atoms with Gasteiger partial charge in [0.25, 0.3) is 0 Å². The van der Waals surface area contributed by atoms with Gasteiger partial charge in [0.15, 0.2) is 0 Å². The normalized spacial score (nSPS) is 11.4. The maximum atomic E-state index is 5.82. The van der Waals surface area contributed by atoms with Crippen molar-refractivity contribution >= 4 is 54.9 Å². The average Bonchev–Trinajstić information content (AvgIpc) is 3.20. The fraction of sp³-hybridized carbons (Fsp3) is 0.125. The van der Waals surface area contributed by atoms with Gasteiger partial charge in [-0.1, -0.05) is 35.9 Å². The average molecular weight is 494 g/mol. The van der Waals surface area contributed by atoms with Gasteiger partial charge in [0, 0.05) is 11.6 Å². The fourth-order valence-electron chi connectivity index (χ4n) is 3.34. The number of fused-ring (bicyclic) bond motifs is 1. The summed E-state index contributed by atoms with van der Waals surface area (Å²) < 4.78 is 5.82. The molecular weight excluding hydrogens is 473 g/mol. The van der Waals surface area contributed by atoms with Crippen LogP contribution in [0.5, 0.6) is 0 Å². The van der Waals surface area contributed by atoms with E-state index in [1.807, 2.05) is 42.5 Å². The van der Waals surface area contributed by atoms with Gasteiger partial charge in [-0.3, -0.25) is 15.0 Å². The van der Waals surface area contributed by atoms with Crippen molar-refractivity contribution < 1.29 is 17.6 Å². The molecule has 160 valence electrons. The molecule has 4 nitrogen and oxygen atoms in total. The molecule has 2 aromatic carbocycles. The molecule has 4 aromatic rings. The van der Waals surface area contributed by atoms with Gasteiger partial charge in [0.1, 0.15) is 11.5 Å². The van der Waals surface area contributed by atoms with Gasteiger partial charge in [0.05, 0.1) is 29.3 Å². The molecule has 0 aliphatic carbocycles. The predicted molar refractivity (Wildman–Crippen MR) is 127 cm³/mol. The molecule has 2 heterocycles. The summed E-state index contributed by atoms with van der Waals surface area (Å²) in [5.74, 6) is 1.36. The van der Waals surface area contributed by atoms with E-state index in [1.165, 1.54) is 5.56 Å². The van der Waals surface area contributed by atoms with Gasteiger partial charge >= 0.3 is 33.3 Å². The molecule has 0 spiro atoms. The monoisotopic (exact) mass is 493 g/mol. The van der Waals surface area contributed by atoms with Crippen LogP contribution in [0.1, 0.15) is 28.2 Å². The topological polar surface area (TPSA) is 50.8 Å². The second-order valence-corrected chi connectivity index (χ2v) is 8.73. The van der Waals surface area contributed by atoms with Crippen molar-refractivity contribution in [2.75, 3.05) is 0 Å². The summed E-state index contributed by atoms with van der Waals surface area (Å²) in [6.45, 7) is 6.24. The van der Waals surface area contributed by atoms with Crippen molar-refractivity contribution in [1.82, 2.24) is 4.98 Å². The third-order valence-electron chi connectivity index (χ3n) is 4.55. The van der Waals surface area contributed by atoms with Crippen LogP contribution in [0, 0.1) is 20.8 Å². The summed E-state index contributed by atoms with van der Waals surface area (Å²) in [4.78, 5) is 13.6. The second kappa shape index (κ2) is 11.3. The van der Waals surface area contributed by atoms with Crippen LogP contribution in [0.4, 0.5) is 11.4 Å². The van der Waals surface area contributed by atoms with Gasteiger partial charge in [-0.2, -0.15) is 0 Å². The van der Waals surface area contributed by atoms with Gasteiger partial charge in [0.2, 0.25) is 0 Å². The minimum absolute atomic E-state index is 0.194. The van der Waals surface area contributed by atoms with Crippen LogP contribution in [0.2, 0.25) is 0 Å². The van der Waals surface area contributed by atoms with E-state index in [0.717, 1.165) is 33.4 Å². The Hall–Kier alpha value is -2.43. The molecule has 2 aromatic heterocycles. The number of aromatic nitrogens is 1. The van der Waals surface area contributed by atoms with Crippen molar-refractivity contribution in [1.29, 1.82) is 0 Å². The predicted octanol–water partition coefficient (Wildman–Crippen LogP) is 7.63. The van der Waals surface area contributed by atoms with E-state index in [2.05, 4.69) is 47.9 Å². The Morgan fingerprint density at radius 2 is 1.48 bits per heavy atom. The Bertz CT molecular complexity index is 1210. The molecule has 4 rings (SSSR count). The molecule has 0 bridgehead atoms. The zero-order valence-electron chi connectivity index (χ0n) is 17.3. The van der Waals surface area contributed by atoms with E-state index in [4.69, 9.17) is 24.6 Å². The van der Waals surface area contributed by atoms with Gasteiger partial charge in [-0.05, 0) is 56.2 Å². The number of aryl methyl sites for hydroxylation is 3. The number of aliphatic imine (C=N–C) groups is 2. The Balaban J connectivity index is 0.000000858. The maximum absolute atomic E-state index is 5.82. The summed E-state index contributed by atoms with van der Waals surface area (Å²) in [6, 6.07) is 17.9. The molecule has 7 heteroatoms. The third kappa shape index (κ3) is 6.28. The van der Waals surface area contributed by atoms with Crippen LogP contribution in [0.3, 0.4) is 0 Å². The molecule has 0 fully saturated rings. The first kappa shape index (κ1) is 23.2. The van der Waals surface area contributed by atoms with Crippen molar-refractivity contribution in [3.63, 3.8) is 0 Å². The number of benzene rings is 2. The van der Waals surface area contributed by atoms with E-state index in [9.17, 15) is 0 Å². The molecule has 31 heavy (non-hydrogen) atoms. The number of para-hydroxylation sites is 1. The van der Waals surface area contributed by atoms with Crippen molar-refractivity contribution in [2.45, 2.75) is 20.8 Å². The van der Waals surface area contributed by atoms with E-state index in [0.29, 0.717) is 11.5 Å². The Kier molecular flexibility index (Phi) is 8.44. The molecule has 0 aliphatic heterocycles. The number of hydrogen-bond donors (Lipinski definition) is 0. The third-order valence-corrected chi connectivity index (χ3v) is 4.55. The number of furan rings is 1. The first-order valence-corrected chi connectivity index (χ1v) is 12.5. The van der Waals surface area contributed by atoms with Crippen LogP contribution in [-0.2, 0) is 13.1 Å². The minimum atomic E-state index is 0.194. The van der Waals surface area contributed by atoms with Gasteiger partial charge in [-0.15, -0.1) is 0 Å². The Morgan fingerprint density at radius 3 is 2.16 bits per heavy atom. The molecule has 0 N–H and O–H groups in total. The Labute approximate surface area is 196 Å². The first-order chi connectivity index (χ1) is 15.0. The summed E-state index contributed by atoms with van der Waals surface area (Å²) in [6.07, 6.45) is 5.24. The van der Waals surface area contributed by atoms with E-state index < -0.39 is 0 Å². The van der Waals surface area contributed by atoms with Crippen LogP contribution in [0.15, 0.2) is 75.2 Å². The van der Waals surface area contributed by atoms with E-state index in [1.54, 1.807) is 18.6 Å². The number of hydrogen-bond acceptors (Lipinski definition) is 4. The van der Waals surface area contributed by atoms with E-state index >= 15 is 0 Å².